The van der Waals surface area contributed by atoms with Gasteiger partial charge in [0.25, 0.3) is 0 Å². The van der Waals surface area contributed by atoms with Crippen molar-refractivity contribution in [2.24, 2.45) is 0 Å². The molecule has 18 heavy (non-hydrogen) atoms. The van der Waals surface area contributed by atoms with E-state index in [9.17, 15) is 0 Å². The van der Waals surface area contributed by atoms with Crippen LogP contribution in [0.15, 0.2) is 0 Å². The Hall–Kier alpha value is -0.960. The van der Waals surface area contributed by atoms with E-state index in [0.29, 0.717) is 5.92 Å². The van der Waals surface area contributed by atoms with Crippen LogP contribution in [0.25, 0.3) is 0 Å². The Kier molecular flexibility index (Phi) is 6.27. The molecule has 0 aliphatic rings. The maximum Gasteiger partial charge on any atom is 0.131 e. The average Bonchev–Trinajstić information content (AvgIpc) is 2.31. The summed E-state index contributed by atoms with van der Waals surface area (Å²) in [5.74, 6) is 1.38. The maximum absolute atomic E-state index is 4.62. The van der Waals surface area contributed by atoms with Gasteiger partial charge in [0.05, 0.1) is 0 Å². The van der Waals surface area contributed by atoms with E-state index in [4.69, 9.17) is 0 Å². The smallest absolute Gasteiger partial charge is 0.131 e. The standard InChI is InChI=1S/C15H27N3/c1-6-9-16-10-7-8-14-12(4)17-15(11(2)3)18-13(14)5/h11,16H,6-10H2,1-5H3. The lowest BCUT2D eigenvalue weighted by Gasteiger charge is -2.12. The van der Waals surface area contributed by atoms with E-state index in [0.717, 1.165) is 43.1 Å². The number of hydrogen-bond acceptors (Lipinski definition) is 3. The molecule has 102 valence electrons. The second kappa shape index (κ2) is 7.47. The fourth-order valence-corrected chi connectivity index (χ4v) is 2.08. The van der Waals surface area contributed by atoms with Crippen LogP contribution < -0.4 is 5.32 Å². The van der Waals surface area contributed by atoms with Crippen LogP contribution >= 0.6 is 0 Å². The molecule has 0 amide bonds. The monoisotopic (exact) mass is 249 g/mol. The van der Waals surface area contributed by atoms with Gasteiger partial charge < -0.3 is 5.32 Å². The van der Waals surface area contributed by atoms with Crippen molar-refractivity contribution in [3.63, 3.8) is 0 Å². The van der Waals surface area contributed by atoms with Gasteiger partial charge in [-0.15, -0.1) is 0 Å². The van der Waals surface area contributed by atoms with Gasteiger partial charge in [-0.2, -0.15) is 0 Å². The number of hydrogen-bond donors (Lipinski definition) is 1. The second-order valence-corrected chi connectivity index (χ2v) is 5.24. The van der Waals surface area contributed by atoms with E-state index in [1.54, 1.807) is 0 Å². The summed E-state index contributed by atoms with van der Waals surface area (Å²) in [7, 11) is 0. The van der Waals surface area contributed by atoms with Crippen LogP contribution in [0.3, 0.4) is 0 Å². The molecule has 0 bridgehead atoms. The quantitative estimate of drug-likeness (QED) is 0.754. The van der Waals surface area contributed by atoms with Crippen LogP contribution in [-0.4, -0.2) is 23.1 Å². The fourth-order valence-electron chi connectivity index (χ4n) is 2.08. The summed E-state index contributed by atoms with van der Waals surface area (Å²) in [5.41, 5.74) is 3.64. The molecule has 0 aliphatic heterocycles. The van der Waals surface area contributed by atoms with Crippen LogP contribution in [0.5, 0.6) is 0 Å². The van der Waals surface area contributed by atoms with Gasteiger partial charge in [0.15, 0.2) is 0 Å². The van der Waals surface area contributed by atoms with E-state index in [-0.39, 0.29) is 0 Å². The predicted molar refractivity (Wildman–Crippen MR) is 77.1 cm³/mol. The third-order valence-corrected chi connectivity index (χ3v) is 3.16. The molecule has 0 atom stereocenters. The third-order valence-electron chi connectivity index (χ3n) is 3.16. The van der Waals surface area contributed by atoms with Crippen molar-refractivity contribution >= 4 is 0 Å². The van der Waals surface area contributed by atoms with Crippen LogP contribution in [0.4, 0.5) is 0 Å². The average molecular weight is 249 g/mol. The normalized spacial score (nSPS) is 11.2. The largest absolute Gasteiger partial charge is 0.317 e. The molecule has 3 nitrogen and oxygen atoms in total. The van der Waals surface area contributed by atoms with Gasteiger partial charge in [-0.1, -0.05) is 20.8 Å². The fraction of sp³-hybridized carbons (Fsp3) is 0.733. The second-order valence-electron chi connectivity index (χ2n) is 5.24. The minimum atomic E-state index is 0.405. The SMILES string of the molecule is CCCNCCCc1c(C)nc(C(C)C)nc1C. The van der Waals surface area contributed by atoms with Crippen LogP contribution in [-0.2, 0) is 6.42 Å². The highest BCUT2D eigenvalue weighted by atomic mass is 14.9. The van der Waals surface area contributed by atoms with Crippen LogP contribution in [0, 0.1) is 13.8 Å². The van der Waals surface area contributed by atoms with Gasteiger partial charge in [0, 0.05) is 17.3 Å². The summed E-state index contributed by atoms with van der Waals surface area (Å²) >= 11 is 0. The van der Waals surface area contributed by atoms with E-state index in [1.165, 1.54) is 12.0 Å². The number of rotatable bonds is 7. The summed E-state index contributed by atoms with van der Waals surface area (Å²) in [4.78, 5) is 9.23. The number of aromatic nitrogens is 2. The van der Waals surface area contributed by atoms with E-state index >= 15 is 0 Å². The highest BCUT2D eigenvalue weighted by Crippen LogP contribution is 2.16. The summed E-state index contributed by atoms with van der Waals surface area (Å²) in [5, 5.41) is 3.43. The van der Waals surface area contributed by atoms with Crippen molar-refractivity contribution < 1.29 is 0 Å². The third kappa shape index (κ3) is 4.37. The molecule has 1 aromatic rings. The highest BCUT2D eigenvalue weighted by Gasteiger charge is 2.10. The zero-order valence-corrected chi connectivity index (χ0v) is 12.5. The van der Waals surface area contributed by atoms with E-state index < -0.39 is 0 Å². The zero-order chi connectivity index (χ0) is 13.5. The molecule has 1 aromatic heterocycles. The molecule has 0 unspecified atom stereocenters. The first-order valence-electron chi connectivity index (χ1n) is 7.11. The summed E-state index contributed by atoms with van der Waals surface area (Å²) in [6.07, 6.45) is 3.43. The van der Waals surface area contributed by atoms with Crippen molar-refractivity contribution in [3.8, 4) is 0 Å². The van der Waals surface area contributed by atoms with Crippen LogP contribution in [0.1, 0.15) is 62.3 Å². The molecule has 0 saturated carbocycles. The first-order valence-corrected chi connectivity index (χ1v) is 7.11. The van der Waals surface area contributed by atoms with Gasteiger partial charge in [-0.05, 0) is 51.8 Å². The molecule has 1 heterocycles. The Morgan fingerprint density at radius 2 is 1.67 bits per heavy atom. The minimum absolute atomic E-state index is 0.405. The highest BCUT2D eigenvalue weighted by molar-refractivity contribution is 5.25. The Morgan fingerprint density at radius 3 is 2.17 bits per heavy atom. The Balaban J connectivity index is 2.60. The molecule has 0 aliphatic carbocycles. The molecular formula is C15H27N3. The van der Waals surface area contributed by atoms with Crippen molar-refractivity contribution in [1.29, 1.82) is 0 Å². The first-order chi connectivity index (χ1) is 8.56. The zero-order valence-electron chi connectivity index (χ0n) is 12.5. The Bertz CT molecular complexity index is 349. The molecule has 0 aromatic carbocycles. The molecule has 1 rings (SSSR count). The van der Waals surface area contributed by atoms with E-state index in [2.05, 4.69) is 49.9 Å². The van der Waals surface area contributed by atoms with Gasteiger partial charge in [-0.3, -0.25) is 0 Å². The number of aryl methyl sites for hydroxylation is 2. The lowest BCUT2D eigenvalue weighted by molar-refractivity contribution is 0.634. The molecule has 1 N–H and O–H groups in total. The number of nitrogens with zero attached hydrogens (tertiary/aromatic N) is 2. The molecule has 0 spiro atoms. The Morgan fingerprint density at radius 1 is 1.06 bits per heavy atom. The summed E-state index contributed by atoms with van der Waals surface area (Å²) in [6.45, 7) is 12.9. The number of nitrogens with one attached hydrogen (secondary N) is 1. The summed E-state index contributed by atoms with van der Waals surface area (Å²) < 4.78 is 0. The van der Waals surface area contributed by atoms with Gasteiger partial charge >= 0.3 is 0 Å². The Labute approximate surface area is 111 Å². The van der Waals surface area contributed by atoms with Crippen molar-refractivity contribution in [3.05, 3.63) is 22.8 Å². The summed E-state index contributed by atoms with van der Waals surface area (Å²) in [6, 6.07) is 0. The van der Waals surface area contributed by atoms with Crippen molar-refractivity contribution in [2.45, 2.75) is 59.8 Å². The van der Waals surface area contributed by atoms with E-state index in [1.807, 2.05) is 0 Å². The maximum atomic E-state index is 4.62. The first kappa shape index (κ1) is 15.1. The molecule has 0 saturated heterocycles. The predicted octanol–water partition coefficient (Wildman–Crippen LogP) is 3.15. The molecule has 0 radical (unpaired) electrons. The molecule has 0 fully saturated rings. The van der Waals surface area contributed by atoms with Gasteiger partial charge in [0.1, 0.15) is 5.82 Å². The van der Waals surface area contributed by atoms with Gasteiger partial charge in [-0.25, -0.2) is 9.97 Å². The van der Waals surface area contributed by atoms with Gasteiger partial charge in [0.2, 0.25) is 0 Å². The lowest BCUT2D eigenvalue weighted by atomic mass is 10.1. The van der Waals surface area contributed by atoms with Crippen molar-refractivity contribution in [2.75, 3.05) is 13.1 Å². The van der Waals surface area contributed by atoms with Crippen molar-refractivity contribution in [1.82, 2.24) is 15.3 Å². The molecular weight excluding hydrogens is 222 g/mol. The topological polar surface area (TPSA) is 37.8 Å². The minimum Gasteiger partial charge on any atom is -0.317 e. The molecule has 3 heteroatoms. The van der Waals surface area contributed by atoms with Crippen LogP contribution in [0.2, 0.25) is 0 Å². The lowest BCUT2D eigenvalue weighted by Crippen LogP contribution is -2.17.